The Bertz CT molecular complexity index is 968. The number of pyridine rings is 1. The van der Waals surface area contributed by atoms with Gasteiger partial charge in [-0.1, -0.05) is 49.4 Å². The Balaban J connectivity index is 1.88. The van der Waals surface area contributed by atoms with E-state index in [9.17, 15) is 4.79 Å². The van der Waals surface area contributed by atoms with E-state index < -0.39 is 6.04 Å². The minimum Gasteiger partial charge on any atom is -0.758 e. The molecule has 2 aromatic carbocycles. The molecule has 5 heteroatoms. The average molecular weight is 405 g/mol. The van der Waals surface area contributed by atoms with E-state index in [1.165, 1.54) is 5.56 Å². The number of ketones is 1. The van der Waals surface area contributed by atoms with Gasteiger partial charge in [0.15, 0.2) is 12.4 Å². The number of benzene rings is 2. The summed E-state index contributed by atoms with van der Waals surface area (Å²) in [6.45, 7) is 2.50. The second-order valence-electron chi connectivity index (χ2n) is 6.64. The van der Waals surface area contributed by atoms with Gasteiger partial charge in [0.1, 0.15) is 5.75 Å². The van der Waals surface area contributed by atoms with E-state index in [2.05, 4.69) is 11.9 Å². The molecule has 1 atom stereocenters. The first-order valence-corrected chi connectivity index (χ1v) is 9.96. The van der Waals surface area contributed by atoms with Crippen molar-refractivity contribution in [1.29, 1.82) is 0 Å². The lowest BCUT2D eigenvalue weighted by Crippen LogP contribution is -2.47. The fraction of sp³-hybridized carbons (Fsp3) is 0.208. The van der Waals surface area contributed by atoms with Crippen LogP contribution in [0.3, 0.4) is 0 Å². The summed E-state index contributed by atoms with van der Waals surface area (Å²) in [6.07, 6.45) is 4.62. The topological polar surface area (TPSA) is 42.5 Å². The first kappa shape index (κ1) is 20.7. The van der Waals surface area contributed by atoms with Crippen LogP contribution < -0.4 is 9.30 Å². The van der Waals surface area contributed by atoms with E-state index in [-0.39, 0.29) is 5.78 Å². The van der Waals surface area contributed by atoms with Crippen LogP contribution in [0.4, 0.5) is 0 Å². The van der Waals surface area contributed by atoms with Crippen molar-refractivity contribution in [3.8, 4) is 5.75 Å². The summed E-state index contributed by atoms with van der Waals surface area (Å²) in [7, 11) is 1.63. The first-order chi connectivity index (χ1) is 14.1. The zero-order chi connectivity index (χ0) is 20.6. The van der Waals surface area contributed by atoms with E-state index in [1.807, 2.05) is 83.7 Å². The number of carbonyl (C=O) groups excluding carboxylic acids is 1. The number of nitrogens with zero attached hydrogens (tertiary/aromatic N) is 2. The van der Waals surface area contributed by atoms with Gasteiger partial charge in [-0.15, -0.1) is 0 Å². The standard InChI is InChI=1S/C24H24N2O2S/c1-3-18-7-11-20(12-8-18)23(27)22(26-15-5-4-6-16-26)24(29)25-17-19-9-13-21(28-2)14-10-19/h4-16,22H,3,17H2,1-2H3/t22-/m1/s1. The highest BCUT2D eigenvalue weighted by atomic mass is 32.1. The number of aliphatic imine (C=N–C) groups is 1. The number of carbonyl (C=O) groups is 1. The molecule has 0 radical (unpaired) electrons. The molecule has 0 aliphatic rings. The SMILES string of the molecule is CCc1ccc(C(=O)[C@H](C([S-])=NCc2ccc(OC)cc2)[n+]2ccccc2)cc1. The molecule has 0 N–H and O–H groups in total. The number of Topliss-reactive ketones (excluding diaryl/α,β-unsaturated/α-hetero) is 1. The fourth-order valence-corrected chi connectivity index (χ4v) is 3.30. The van der Waals surface area contributed by atoms with Gasteiger partial charge >= 0.3 is 0 Å². The van der Waals surface area contributed by atoms with E-state index in [1.54, 1.807) is 7.11 Å². The molecule has 4 nitrogen and oxygen atoms in total. The lowest BCUT2D eigenvalue weighted by Gasteiger charge is -2.19. The highest BCUT2D eigenvalue weighted by Gasteiger charge is 2.27. The Morgan fingerprint density at radius 3 is 2.21 bits per heavy atom. The van der Waals surface area contributed by atoms with Crippen molar-refractivity contribution in [2.24, 2.45) is 4.99 Å². The van der Waals surface area contributed by atoms with E-state index >= 15 is 0 Å². The van der Waals surface area contributed by atoms with Gasteiger partial charge in [-0.3, -0.25) is 4.79 Å². The summed E-state index contributed by atoms with van der Waals surface area (Å²) in [4.78, 5) is 17.9. The molecule has 3 rings (SSSR count). The minimum atomic E-state index is -0.656. The normalized spacial score (nSPS) is 12.4. The molecule has 0 bridgehead atoms. The van der Waals surface area contributed by atoms with Gasteiger partial charge in [-0.25, -0.2) is 0 Å². The lowest BCUT2D eigenvalue weighted by molar-refractivity contribution is -0.691. The minimum absolute atomic E-state index is 0.0627. The fourth-order valence-electron chi connectivity index (χ4n) is 3.01. The number of methoxy groups -OCH3 is 1. The van der Waals surface area contributed by atoms with Crippen LogP contribution in [0.15, 0.2) is 84.1 Å². The van der Waals surface area contributed by atoms with Crippen LogP contribution in [-0.2, 0) is 25.6 Å². The number of rotatable bonds is 8. The summed E-state index contributed by atoms with van der Waals surface area (Å²) in [6, 6.07) is 20.4. The van der Waals surface area contributed by atoms with Crippen LogP contribution in [0, 0.1) is 0 Å². The van der Waals surface area contributed by atoms with Crippen LogP contribution in [0.5, 0.6) is 5.75 Å². The summed E-state index contributed by atoms with van der Waals surface area (Å²) in [5.41, 5.74) is 2.83. The molecule has 3 aromatic rings. The average Bonchev–Trinajstić information content (AvgIpc) is 2.79. The predicted octanol–water partition coefficient (Wildman–Crippen LogP) is 4.11. The Hall–Kier alpha value is -3.05. The number of hydrogen-bond acceptors (Lipinski definition) is 4. The van der Waals surface area contributed by atoms with Crippen LogP contribution in [-0.4, -0.2) is 17.9 Å². The van der Waals surface area contributed by atoms with Crippen LogP contribution in [0.25, 0.3) is 0 Å². The quantitative estimate of drug-likeness (QED) is 0.187. The Morgan fingerprint density at radius 1 is 1.00 bits per heavy atom. The third-order valence-electron chi connectivity index (χ3n) is 4.74. The van der Waals surface area contributed by atoms with E-state index in [4.69, 9.17) is 17.4 Å². The monoisotopic (exact) mass is 404 g/mol. The largest absolute Gasteiger partial charge is 0.758 e. The molecule has 0 spiro atoms. The molecule has 0 fully saturated rings. The van der Waals surface area contributed by atoms with Crippen molar-refractivity contribution in [3.63, 3.8) is 0 Å². The predicted molar refractivity (Wildman–Crippen MR) is 117 cm³/mol. The number of aryl methyl sites for hydroxylation is 1. The zero-order valence-corrected chi connectivity index (χ0v) is 17.4. The summed E-state index contributed by atoms with van der Waals surface area (Å²) in [5, 5.41) is 0.363. The maximum absolute atomic E-state index is 13.3. The van der Waals surface area contributed by atoms with Gasteiger partial charge < -0.3 is 22.4 Å². The Labute approximate surface area is 177 Å². The van der Waals surface area contributed by atoms with Crippen molar-refractivity contribution in [2.75, 3.05) is 7.11 Å². The summed E-state index contributed by atoms with van der Waals surface area (Å²) < 4.78 is 7.00. The van der Waals surface area contributed by atoms with Crippen molar-refractivity contribution < 1.29 is 14.1 Å². The number of aromatic nitrogens is 1. The van der Waals surface area contributed by atoms with Crippen LogP contribution in [0.2, 0.25) is 0 Å². The van der Waals surface area contributed by atoms with Crippen molar-refractivity contribution >= 4 is 23.5 Å². The van der Waals surface area contributed by atoms with E-state index in [0.717, 1.165) is 17.7 Å². The van der Waals surface area contributed by atoms with Gasteiger partial charge in [0.2, 0.25) is 11.8 Å². The number of ether oxygens (including phenoxy) is 1. The molecule has 0 amide bonds. The molecule has 0 unspecified atom stereocenters. The first-order valence-electron chi connectivity index (χ1n) is 9.55. The van der Waals surface area contributed by atoms with Crippen molar-refractivity contribution in [2.45, 2.75) is 25.9 Å². The maximum Gasteiger partial charge on any atom is 0.237 e. The zero-order valence-electron chi connectivity index (χ0n) is 16.6. The summed E-state index contributed by atoms with van der Waals surface area (Å²) >= 11 is 5.60. The van der Waals surface area contributed by atoms with Gasteiger partial charge in [-0.2, -0.15) is 4.57 Å². The highest BCUT2D eigenvalue weighted by Crippen LogP contribution is 2.15. The third-order valence-corrected chi connectivity index (χ3v) is 5.09. The molecule has 29 heavy (non-hydrogen) atoms. The molecule has 0 aliphatic carbocycles. The molecule has 148 valence electrons. The molecule has 1 heterocycles. The highest BCUT2D eigenvalue weighted by molar-refractivity contribution is 7.77. The molecule has 0 saturated heterocycles. The van der Waals surface area contributed by atoms with Gasteiger partial charge in [0.05, 0.1) is 13.7 Å². The van der Waals surface area contributed by atoms with E-state index in [0.29, 0.717) is 17.2 Å². The van der Waals surface area contributed by atoms with Crippen LogP contribution >= 0.6 is 0 Å². The molecular weight excluding hydrogens is 380 g/mol. The smallest absolute Gasteiger partial charge is 0.237 e. The summed E-state index contributed by atoms with van der Waals surface area (Å²) in [5.74, 6) is 0.729. The number of hydrogen-bond donors (Lipinski definition) is 0. The lowest BCUT2D eigenvalue weighted by atomic mass is 10.0. The van der Waals surface area contributed by atoms with Gasteiger partial charge in [-0.05, 0) is 34.7 Å². The van der Waals surface area contributed by atoms with Crippen molar-refractivity contribution in [1.82, 2.24) is 0 Å². The van der Waals surface area contributed by atoms with Gasteiger partial charge in [0.25, 0.3) is 0 Å². The van der Waals surface area contributed by atoms with Gasteiger partial charge in [0, 0.05) is 17.7 Å². The van der Waals surface area contributed by atoms with Crippen molar-refractivity contribution in [3.05, 3.63) is 95.8 Å². The molecule has 0 aliphatic heterocycles. The van der Waals surface area contributed by atoms with Crippen LogP contribution in [0.1, 0.15) is 34.5 Å². The second kappa shape index (κ2) is 9.94. The maximum atomic E-state index is 13.3. The third kappa shape index (κ3) is 5.27. The molecule has 0 saturated carbocycles. The Morgan fingerprint density at radius 2 is 1.62 bits per heavy atom. The second-order valence-corrected chi connectivity index (χ2v) is 7.06. The molecule has 1 aromatic heterocycles. The Kier molecular flexibility index (Phi) is 7.09. The molecular formula is C24H24N2O2S.